The van der Waals surface area contributed by atoms with Crippen LogP contribution in [0.5, 0.6) is 5.75 Å². The maximum absolute atomic E-state index is 10.9. The van der Waals surface area contributed by atoms with Crippen LogP contribution in [0, 0.1) is 10.1 Å². The second-order valence-corrected chi connectivity index (χ2v) is 4.69. The summed E-state index contributed by atoms with van der Waals surface area (Å²) in [5, 5.41) is 14.1. The number of nitro groups is 1. The molecule has 0 spiro atoms. The molecule has 6 heteroatoms. The van der Waals surface area contributed by atoms with Crippen molar-refractivity contribution in [2.45, 2.75) is 26.4 Å². The number of hydrogen-bond donors (Lipinski definition) is 1. The fourth-order valence-corrected chi connectivity index (χ4v) is 2.20. The minimum atomic E-state index is -0.412. The molecule has 1 aromatic heterocycles. The number of rotatable bonds is 7. The second-order valence-electron chi connectivity index (χ2n) is 4.69. The highest BCUT2D eigenvalue weighted by Crippen LogP contribution is 2.29. The highest BCUT2D eigenvalue weighted by molar-refractivity contribution is 5.61. The Labute approximate surface area is 123 Å². The first kappa shape index (κ1) is 14.9. The minimum Gasteiger partial charge on any atom is -0.495 e. The Kier molecular flexibility index (Phi) is 4.81. The predicted octanol–water partition coefficient (Wildman–Crippen LogP) is 3.43. The molecule has 0 aliphatic rings. The molecule has 0 fully saturated rings. The Morgan fingerprint density at radius 3 is 2.86 bits per heavy atom. The number of benzene rings is 1. The maximum atomic E-state index is 10.9. The zero-order chi connectivity index (χ0) is 15.2. The Morgan fingerprint density at radius 1 is 1.38 bits per heavy atom. The first-order valence-electron chi connectivity index (χ1n) is 6.86. The molecule has 0 saturated heterocycles. The third kappa shape index (κ3) is 3.53. The summed E-state index contributed by atoms with van der Waals surface area (Å²) < 4.78 is 7.40. The van der Waals surface area contributed by atoms with Crippen LogP contribution in [0.1, 0.15) is 19.0 Å². The predicted molar refractivity (Wildman–Crippen MR) is 81.7 cm³/mol. The van der Waals surface area contributed by atoms with E-state index in [1.165, 1.54) is 12.1 Å². The molecule has 112 valence electrons. The van der Waals surface area contributed by atoms with E-state index in [1.54, 1.807) is 13.2 Å². The van der Waals surface area contributed by atoms with Crippen LogP contribution in [-0.2, 0) is 13.1 Å². The van der Waals surface area contributed by atoms with Gasteiger partial charge in [0, 0.05) is 30.6 Å². The Hall–Kier alpha value is -2.50. The van der Waals surface area contributed by atoms with Crippen LogP contribution < -0.4 is 10.1 Å². The van der Waals surface area contributed by atoms with E-state index in [9.17, 15) is 10.1 Å². The number of aromatic nitrogens is 1. The van der Waals surface area contributed by atoms with Crippen LogP contribution in [0.15, 0.2) is 36.5 Å². The number of aryl methyl sites for hydroxylation is 1. The van der Waals surface area contributed by atoms with Crippen molar-refractivity contribution >= 4 is 11.4 Å². The van der Waals surface area contributed by atoms with Crippen molar-refractivity contribution in [2.75, 3.05) is 12.4 Å². The molecule has 2 aromatic rings. The summed E-state index contributed by atoms with van der Waals surface area (Å²) in [6.07, 6.45) is 3.09. The lowest BCUT2D eigenvalue weighted by atomic mass is 10.2. The summed E-state index contributed by atoms with van der Waals surface area (Å²) in [6.45, 7) is 3.67. The molecular weight excluding hydrogens is 270 g/mol. The summed E-state index contributed by atoms with van der Waals surface area (Å²) in [5.41, 5.74) is 1.79. The van der Waals surface area contributed by atoms with E-state index in [2.05, 4.69) is 16.8 Å². The lowest BCUT2D eigenvalue weighted by molar-refractivity contribution is -0.384. The van der Waals surface area contributed by atoms with Gasteiger partial charge in [-0.2, -0.15) is 0 Å². The maximum Gasteiger partial charge on any atom is 0.271 e. The van der Waals surface area contributed by atoms with Crippen LogP contribution in [0.2, 0.25) is 0 Å². The van der Waals surface area contributed by atoms with Crippen molar-refractivity contribution in [2.24, 2.45) is 0 Å². The third-order valence-corrected chi connectivity index (χ3v) is 3.24. The quantitative estimate of drug-likeness (QED) is 0.626. The molecule has 0 aliphatic carbocycles. The van der Waals surface area contributed by atoms with Gasteiger partial charge in [0.1, 0.15) is 5.75 Å². The van der Waals surface area contributed by atoms with E-state index in [0.717, 1.165) is 18.7 Å². The molecule has 0 amide bonds. The molecule has 0 unspecified atom stereocenters. The normalized spacial score (nSPS) is 10.4. The lowest BCUT2D eigenvalue weighted by Crippen LogP contribution is -2.08. The first-order valence-corrected chi connectivity index (χ1v) is 6.86. The number of nitro benzene ring substituents is 1. The highest BCUT2D eigenvalue weighted by Gasteiger charge is 2.11. The lowest BCUT2D eigenvalue weighted by Gasteiger charge is -2.13. The van der Waals surface area contributed by atoms with Crippen LogP contribution in [0.3, 0.4) is 0 Å². The Morgan fingerprint density at radius 2 is 2.19 bits per heavy atom. The van der Waals surface area contributed by atoms with Crippen molar-refractivity contribution in [1.29, 1.82) is 0 Å². The summed E-state index contributed by atoms with van der Waals surface area (Å²) in [5.74, 6) is 0.592. The van der Waals surface area contributed by atoms with Gasteiger partial charge in [0.05, 0.1) is 24.3 Å². The van der Waals surface area contributed by atoms with Crippen LogP contribution in [0.25, 0.3) is 0 Å². The topological polar surface area (TPSA) is 69.3 Å². The second kappa shape index (κ2) is 6.78. The molecule has 1 aromatic carbocycles. The summed E-state index contributed by atoms with van der Waals surface area (Å²) >= 11 is 0. The number of non-ortho nitro benzene ring substituents is 1. The monoisotopic (exact) mass is 289 g/mol. The van der Waals surface area contributed by atoms with E-state index in [1.807, 2.05) is 18.3 Å². The fourth-order valence-electron chi connectivity index (χ4n) is 2.20. The molecule has 21 heavy (non-hydrogen) atoms. The zero-order valence-corrected chi connectivity index (χ0v) is 12.2. The van der Waals surface area contributed by atoms with Gasteiger partial charge >= 0.3 is 0 Å². The summed E-state index contributed by atoms with van der Waals surface area (Å²) in [7, 11) is 1.55. The van der Waals surface area contributed by atoms with Crippen molar-refractivity contribution in [3.05, 3.63) is 52.3 Å². The molecule has 6 nitrogen and oxygen atoms in total. The van der Waals surface area contributed by atoms with E-state index in [4.69, 9.17) is 4.74 Å². The SMILES string of the molecule is CCCn1cccc1CNc1cc([N+](=O)[O-])ccc1OC. The molecule has 0 radical (unpaired) electrons. The van der Waals surface area contributed by atoms with Gasteiger partial charge < -0.3 is 14.6 Å². The van der Waals surface area contributed by atoms with Gasteiger partial charge in [-0.25, -0.2) is 0 Å². The fraction of sp³-hybridized carbons (Fsp3) is 0.333. The average molecular weight is 289 g/mol. The van der Waals surface area contributed by atoms with Gasteiger partial charge in [0.2, 0.25) is 0 Å². The van der Waals surface area contributed by atoms with Crippen molar-refractivity contribution in [3.8, 4) is 5.75 Å². The van der Waals surface area contributed by atoms with E-state index < -0.39 is 4.92 Å². The number of anilines is 1. The van der Waals surface area contributed by atoms with Crippen LogP contribution >= 0.6 is 0 Å². The number of ether oxygens (including phenoxy) is 1. The van der Waals surface area contributed by atoms with E-state index in [-0.39, 0.29) is 5.69 Å². The van der Waals surface area contributed by atoms with Crippen molar-refractivity contribution < 1.29 is 9.66 Å². The van der Waals surface area contributed by atoms with E-state index >= 15 is 0 Å². The molecular formula is C15H19N3O3. The average Bonchev–Trinajstić information content (AvgIpc) is 2.92. The number of hydrogen-bond acceptors (Lipinski definition) is 4. The first-order chi connectivity index (χ1) is 10.2. The minimum absolute atomic E-state index is 0.0437. The molecule has 1 heterocycles. The number of nitrogens with one attached hydrogen (secondary N) is 1. The largest absolute Gasteiger partial charge is 0.495 e. The third-order valence-electron chi connectivity index (χ3n) is 3.24. The molecule has 0 atom stereocenters. The molecule has 0 saturated carbocycles. The van der Waals surface area contributed by atoms with Crippen LogP contribution in [-0.4, -0.2) is 16.6 Å². The van der Waals surface area contributed by atoms with Gasteiger partial charge in [0.15, 0.2) is 0 Å². The molecule has 1 N–H and O–H groups in total. The van der Waals surface area contributed by atoms with Gasteiger partial charge in [0.25, 0.3) is 5.69 Å². The van der Waals surface area contributed by atoms with Crippen molar-refractivity contribution in [1.82, 2.24) is 4.57 Å². The Bertz CT molecular complexity index is 622. The van der Waals surface area contributed by atoms with Crippen LogP contribution in [0.4, 0.5) is 11.4 Å². The smallest absolute Gasteiger partial charge is 0.271 e. The van der Waals surface area contributed by atoms with E-state index in [0.29, 0.717) is 18.0 Å². The molecule has 0 aliphatic heterocycles. The molecule has 0 bridgehead atoms. The van der Waals surface area contributed by atoms with Gasteiger partial charge in [-0.3, -0.25) is 10.1 Å². The summed E-state index contributed by atoms with van der Waals surface area (Å²) in [4.78, 5) is 10.4. The van der Waals surface area contributed by atoms with Gasteiger partial charge in [-0.05, 0) is 24.6 Å². The van der Waals surface area contributed by atoms with Gasteiger partial charge in [-0.1, -0.05) is 6.92 Å². The van der Waals surface area contributed by atoms with Gasteiger partial charge in [-0.15, -0.1) is 0 Å². The van der Waals surface area contributed by atoms with Crippen molar-refractivity contribution in [3.63, 3.8) is 0 Å². The highest BCUT2D eigenvalue weighted by atomic mass is 16.6. The standard InChI is InChI=1S/C15H19N3O3/c1-3-8-17-9-4-5-13(17)11-16-14-10-12(18(19)20)6-7-15(14)21-2/h4-7,9-10,16H,3,8,11H2,1-2H3. The number of nitrogens with zero attached hydrogens (tertiary/aromatic N) is 2. The summed E-state index contributed by atoms with van der Waals surface area (Å²) in [6, 6.07) is 8.56. The number of methoxy groups -OCH3 is 1. The zero-order valence-electron chi connectivity index (χ0n) is 12.2. The molecule has 2 rings (SSSR count). The Balaban J connectivity index is 2.16.